The van der Waals surface area contributed by atoms with E-state index in [1.165, 1.54) is 18.2 Å². The maximum atomic E-state index is 12.4. The summed E-state index contributed by atoms with van der Waals surface area (Å²) < 4.78 is 27.3. The predicted molar refractivity (Wildman–Crippen MR) is 83.1 cm³/mol. The van der Waals surface area contributed by atoms with Gasteiger partial charge >= 0.3 is 0 Å². The molecule has 7 nitrogen and oxygen atoms in total. The van der Waals surface area contributed by atoms with Crippen molar-refractivity contribution in [1.29, 1.82) is 0 Å². The van der Waals surface area contributed by atoms with Gasteiger partial charge in [0.05, 0.1) is 10.6 Å². The highest BCUT2D eigenvalue weighted by molar-refractivity contribution is 7.92. The highest BCUT2D eigenvalue weighted by Crippen LogP contribution is 2.26. The number of sulfonamides is 1. The minimum Gasteiger partial charge on any atom is -0.316 e. The molecule has 0 aliphatic heterocycles. The van der Waals surface area contributed by atoms with Crippen LogP contribution in [-0.2, 0) is 16.6 Å². The van der Waals surface area contributed by atoms with Gasteiger partial charge in [-0.2, -0.15) is 0 Å². The largest absolute Gasteiger partial charge is 0.316 e. The molecule has 22 heavy (non-hydrogen) atoms. The molecule has 0 unspecified atom stereocenters. The van der Waals surface area contributed by atoms with Crippen molar-refractivity contribution in [3.05, 3.63) is 64.2 Å². The molecule has 2 N–H and O–H groups in total. The molecule has 0 atom stereocenters. The second kappa shape index (κ2) is 6.54. The Morgan fingerprint density at radius 1 is 1.09 bits per heavy atom. The van der Waals surface area contributed by atoms with Crippen LogP contribution in [0.1, 0.15) is 5.56 Å². The first-order valence-corrected chi connectivity index (χ1v) is 7.93. The van der Waals surface area contributed by atoms with Gasteiger partial charge in [0.2, 0.25) is 0 Å². The van der Waals surface area contributed by atoms with E-state index < -0.39 is 20.6 Å². The molecule has 0 aliphatic rings. The number of benzene rings is 2. The summed E-state index contributed by atoms with van der Waals surface area (Å²) in [6, 6.07) is 12.1. The Labute approximate surface area is 128 Å². The lowest BCUT2D eigenvalue weighted by Crippen LogP contribution is -2.17. The monoisotopic (exact) mass is 321 g/mol. The summed E-state index contributed by atoms with van der Waals surface area (Å²) in [5.41, 5.74) is 0.670. The Morgan fingerprint density at radius 3 is 2.41 bits per heavy atom. The Bertz CT molecular complexity index is 790. The molecule has 0 amide bonds. The third kappa shape index (κ3) is 3.41. The molecule has 0 spiro atoms. The van der Waals surface area contributed by atoms with Gasteiger partial charge in [-0.15, -0.1) is 0 Å². The third-order valence-electron chi connectivity index (χ3n) is 2.98. The molecule has 0 bridgehead atoms. The van der Waals surface area contributed by atoms with Crippen molar-refractivity contribution in [1.82, 2.24) is 5.32 Å². The van der Waals surface area contributed by atoms with Gasteiger partial charge in [-0.05, 0) is 24.7 Å². The van der Waals surface area contributed by atoms with E-state index in [-0.39, 0.29) is 4.90 Å². The number of hydrogen-bond acceptors (Lipinski definition) is 5. The van der Waals surface area contributed by atoms with Crippen LogP contribution in [0.4, 0.5) is 11.4 Å². The Balaban J connectivity index is 2.43. The average molecular weight is 321 g/mol. The molecule has 0 fully saturated rings. The van der Waals surface area contributed by atoms with E-state index in [1.807, 2.05) is 0 Å². The minimum absolute atomic E-state index is 0.362. The lowest BCUT2D eigenvalue weighted by molar-refractivity contribution is -0.387. The second-order valence-electron chi connectivity index (χ2n) is 4.52. The highest BCUT2D eigenvalue weighted by atomic mass is 32.2. The van der Waals surface area contributed by atoms with E-state index >= 15 is 0 Å². The molecule has 2 aromatic carbocycles. The summed E-state index contributed by atoms with van der Waals surface area (Å²) in [7, 11) is -2.31. The third-order valence-corrected chi connectivity index (χ3v) is 4.39. The van der Waals surface area contributed by atoms with Gasteiger partial charge in [0.15, 0.2) is 4.90 Å². The van der Waals surface area contributed by atoms with E-state index in [9.17, 15) is 18.5 Å². The quantitative estimate of drug-likeness (QED) is 0.627. The summed E-state index contributed by atoms with van der Waals surface area (Å²) in [4.78, 5) is 9.92. The van der Waals surface area contributed by atoms with Gasteiger partial charge in [0, 0.05) is 12.6 Å². The van der Waals surface area contributed by atoms with Crippen LogP contribution in [0.15, 0.2) is 53.4 Å². The van der Waals surface area contributed by atoms with Gasteiger partial charge in [-0.25, -0.2) is 8.42 Å². The summed E-state index contributed by atoms with van der Waals surface area (Å²) in [6.07, 6.45) is 0. The summed E-state index contributed by atoms with van der Waals surface area (Å²) >= 11 is 0. The molecule has 116 valence electrons. The van der Waals surface area contributed by atoms with Gasteiger partial charge in [0.25, 0.3) is 15.7 Å². The molecule has 0 heterocycles. The molecule has 2 aromatic rings. The smallest absolute Gasteiger partial charge is 0.289 e. The van der Waals surface area contributed by atoms with Crippen LogP contribution in [0.2, 0.25) is 0 Å². The molecule has 0 aromatic heterocycles. The van der Waals surface area contributed by atoms with Crippen LogP contribution >= 0.6 is 0 Å². The van der Waals surface area contributed by atoms with Crippen molar-refractivity contribution in [3.63, 3.8) is 0 Å². The number of nitro groups is 1. The maximum Gasteiger partial charge on any atom is 0.289 e. The standard InChI is InChI=1S/C14H15N3O4S/c1-15-10-11-6-2-3-7-12(11)16-22(20,21)14-9-5-4-8-13(14)17(18)19/h2-9,15-16H,10H2,1H3. The number of hydrogen-bond donors (Lipinski definition) is 2. The highest BCUT2D eigenvalue weighted by Gasteiger charge is 2.25. The van der Waals surface area contributed by atoms with Gasteiger partial charge in [-0.3, -0.25) is 14.8 Å². The molecule has 0 saturated carbocycles. The van der Waals surface area contributed by atoms with Crippen molar-refractivity contribution in [3.8, 4) is 0 Å². The van der Waals surface area contributed by atoms with E-state index in [2.05, 4.69) is 10.0 Å². The fourth-order valence-corrected chi connectivity index (χ4v) is 3.27. The van der Waals surface area contributed by atoms with E-state index in [0.29, 0.717) is 12.2 Å². The Hall–Kier alpha value is -2.45. The van der Waals surface area contributed by atoms with Crippen molar-refractivity contribution in [2.45, 2.75) is 11.4 Å². The normalized spacial score (nSPS) is 11.1. The molecule has 0 saturated heterocycles. The number of nitro benzene ring substituents is 1. The number of rotatable bonds is 6. The molecule has 2 rings (SSSR count). The van der Waals surface area contributed by atoms with Crippen LogP contribution in [0.25, 0.3) is 0 Å². The minimum atomic E-state index is -4.05. The first-order chi connectivity index (χ1) is 10.5. The molecular formula is C14H15N3O4S. The van der Waals surface area contributed by atoms with Crippen molar-refractivity contribution in [2.24, 2.45) is 0 Å². The molecule has 0 aliphatic carbocycles. The zero-order valence-corrected chi connectivity index (χ0v) is 12.6. The van der Waals surface area contributed by atoms with Crippen LogP contribution in [0.5, 0.6) is 0 Å². The van der Waals surface area contributed by atoms with Crippen LogP contribution in [0.3, 0.4) is 0 Å². The molecule has 0 radical (unpaired) electrons. The van der Waals surface area contributed by atoms with E-state index in [0.717, 1.165) is 11.6 Å². The van der Waals surface area contributed by atoms with Crippen LogP contribution < -0.4 is 10.0 Å². The number of anilines is 1. The van der Waals surface area contributed by atoms with Gasteiger partial charge in [-0.1, -0.05) is 30.3 Å². The fraction of sp³-hybridized carbons (Fsp3) is 0.143. The van der Waals surface area contributed by atoms with Crippen molar-refractivity contribution in [2.75, 3.05) is 11.8 Å². The van der Waals surface area contributed by atoms with Crippen LogP contribution in [0, 0.1) is 10.1 Å². The van der Waals surface area contributed by atoms with Crippen LogP contribution in [-0.4, -0.2) is 20.4 Å². The Morgan fingerprint density at radius 2 is 1.73 bits per heavy atom. The van der Waals surface area contributed by atoms with Crippen molar-refractivity contribution >= 4 is 21.4 Å². The fourth-order valence-electron chi connectivity index (χ4n) is 2.00. The summed E-state index contributed by atoms with van der Waals surface area (Å²) in [5.74, 6) is 0. The first kappa shape index (κ1) is 15.9. The number of nitrogens with one attached hydrogen (secondary N) is 2. The zero-order valence-electron chi connectivity index (χ0n) is 11.8. The first-order valence-electron chi connectivity index (χ1n) is 6.44. The van der Waals surface area contributed by atoms with Gasteiger partial charge in [0.1, 0.15) is 0 Å². The summed E-state index contributed by atoms with van der Waals surface area (Å²) in [6.45, 7) is 0.468. The SMILES string of the molecule is CNCc1ccccc1NS(=O)(=O)c1ccccc1[N+](=O)[O-]. The molecular weight excluding hydrogens is 306 g/mol. The van der Waals surface area contributed by atoms with E-state index in [1.54, 1.807) is 31.3 Å². The van der Waals surface area contributed by atoms with Crippen molar-refractivity contribution < 1.29 is 13.3 Å². The lowest BCUT2D eigenvalue weighted by atomic mass is 10.2. The topological polar surface area (TPSA) is 101 Å². The number of nitrogens with zero attached hydrogens (tertiary/aromatic N) is 1. The average Bonchev–Trinajstić information content (AvgIpc) is 2.49. The maximum absolute atomic E-state index is 12.4. The second-order valence-corrected chi connectivity index (χ2v) is 6.17. The summed E-state index contributed by atoms with van der Waals surface area (Å²) in [5, 5.41) is 13.9. The number of para-hydroxylation sites is 2. The zero-order chi connectivity index (χ0) is 16.2. The Kier molecular flexibility index (Phi) is 4.74. The van der Waals surface area contributed by atoms with Gasteiger partial charge < -0.3 is 5.32 Å². The molecule has 8 heteroatoms. The van der Waals surface area contributed by atoms with E-state index in [4.69, 9.17) is 0 Å². The predicted octanol–water partition coefficient (Wildman–Crippen LogP) is 2.12. The lowest BCUT2D eigenvalue weighted by Gasteiger charge is -2.12.